The van der Waals surface area contributed by atoms with E-state index in [1.165, 1.54) is 55.3 Å². The van der Waals surface area contributed by atoms with Crippen LogP contribution in [0.4, 0.5) is 5.69 Å². The van der Waals surface area contributed by atoms with Crippen LogP contribution in [0, 0.1) is 11.8 Å². The van der Waals surface area contributed by atoms with Crippen molar-refractivity contribution in [1.29, 1.82) is 0 Å². The lowest BCUT2D eigenvalue weighted by Crippen LogP contribution is -2.32. The Balaban J connectivity index is 1.27. The minimum atomic E-state index is -0.0562. The van der Waals surface area contributed by atoms with E-state index in [0.717, 1.165) is 37.3 Å². The Morgan fingerprint density at radius 3 is 2.50 bits per heavy atom. The predicted octanol–water partition coefficient (Wildman–Crippen LogP) is 6.76. The van der Waals surface area contributed by atoms with Gasteiger partial charge in [-0.05, 0) is 72.9 Å². The number of benzene rings is 2. The molecule has 1 saturated carbocycles. The molecule has 2 aliphatic rings. The lowest BCUT2D eigenvalue weighted by molar-refractivity contribution is -0.140. The van der Waals surface area contributed by atoms with Gasteiger partial charge in [0, 0.05) is 12.2 Å². The van der Waals surface area contributed by atoms with Gasteiger partial charge in [0.1, 0.15) is 11.9 Å². The Kier molecular flexibility index (Phi) is 7.85. The summed E-state index contributed by atoms with van der Waals surface area (Å²) in [5.41, 5.74) is 5.00. The van der Waals surface area contributed by atoms with Crippen molar-refractivity contribution in [3.63, 3.8) is 0 Å². The quantitative estimate of drug-likeness (QED) is 0.274. The number of hydrogen-bond donors (Lipinski definition) is 2. The molecule has 4 rings (SSSR count). The van der Waals surface area contributed by atoms with Crippen molar-refractivity contribution in [2.45, 2.75) is 84.3 Å². The number of ether oxygens (including phenoxy) is 1. The molecular formula is C28H38N2O2. The van der Waals surface area contributed by atoms with Gasteiger partial charge in [0.2, 0.25) is 0 Å². The number of nitrogens with one attached hydrogen (secondary N) is 2. The van der Waals surface area contributed by atoms with Gasteiger partial charge in [0.15, 0.2) is 0 Å². The number of carbonyl (C=O) groups is 1. The molecule has 0 saturated heterocycles. The third-order valence-electron chi connectivity index (χ3n) is 7.20. The van der Waals surface area contributed by atoms with Crippen molar-refractivity contribution in [1.82, 2.24) is 5.32 Å². The van der Waals surface area contributed by atoms with Gasteiger partial charge in [-0.1, -0.05) is 63.8 Å². The molecule has 2 aromatic carbocycles. The fourth-order valence-electron chi connectivity index (χ4n) is 5.07. The van der Waals surface area contributed by atoms with E-state index in [-0.39, 0.29) is 18.1 Å². The average Bonchev–Trinajstić information content (AvgIpc) is 2.84. The monoisotopic (exact) mass is 434 g/mol. The molecule has 1 heterocycles. The molecule has 1 aliphatic carbocycles. The van der Waals surface area contributed by atoms with Crippen LogP contribution in [0.3, 0.4) is 0 Å². The standard InChI is InChI=1S/C28H38N2O2/c1-3-5-6-7-21-8-11-23(12-9-21)28(31)32-25-15-13-22(14-16-25)27-29-19-24-18-20(4-2)10-17-26(24)30-27/h10,13-18,21,23,27,29-30H,3-9,11-12,19H2,1-2H3. The number of fused-ring (bicyclic) bond motifs is 1. The van der Waals surface area contributed by atoms with E-state index < -0.39 is 0 Å². The van der Waals surface area contributed by atoms with Crippen molar-refractivity contribution >= 4 is 11.7 Å². The second-order valence-corrected chi connectivity index (χ2v) is 9.51. The predicted molar refractivity (Wildman–Crippen MR) is 131 cm³/mol. The van der Waals surface area contributed by atoms with Crippen molar-refractivity contribution in [3.05, 3.63) is 59.2 Å². The maximum Gasteiger partial charge on any atom is 0.314 e. The molecule has 1 aliphatic heterocycles. The van der Waals surface area contributed by atoms with Crippen LogP contribution in [0.1, 0.15) is 88.1 Å². The number of esters is 1. The highest BCUT2D eigenvalue weighted by Crippen LogP contribution is 2.33. The topological polar surface area (TPSA) is 50.4 Å². The van der Waals surface area contributed by atoms with Crippen molar-refractivity contribution in [3.8, 4) is 5.75 Å². The Bertz CT molecular complexity index is 885. The number of aryl methyl sites for hydroxylation is 1. The summed E-state index contributed by atoms with van der Waals surface area (Å²) < 4.78 is 5.73. The zero-order valence-corrected chi connectivity index (χ0v) is 19.7. The van der Waals surface area contributed by atoms with E-state index in [0.29, 0.717) is 5.75 Å². The van der Waals surface area contributed by atoms with E-state index >= 15 is 0 Å². The molecule has 1 atom stereocenters. The van der Waals surface area contributed by atoms with Crippen LogP contribution in [-0.2, 0) is 17.8 Å². The first-order valence-corrected chi connectivity index (χ1v) is 12.6. The molecule has 0 amide bonds. The van der Waals surface area contributed by atoms with Crippen LogP contribution in [0.15, 0.2) is 42.5 Å². The molecule has 1 unspecified atom stereocenters. The van der Waals surface area contributed by atoms with Crippen LogP contribution < -0.4 is 15.4 Å². The third kappa shape index (κ3) is 5.72. The highest BCUT2D eigenvalue weighted by Gasteiger charge is 2.27. The summed E-state index contributed by atoms with van der Waals surface area (Å²) in [7, 11) is 0. The second kappa shape index (κ2) is 11.0. The van der Waals surface area contributed by atoms with Gasteiger partial charge < -0.3 is 10.1 Å². The molecule has 2 aromatic rings. The number of unbranched alkanes of at least 4 members (excludes halogenated alkanes) is 2. The van der Waals surface area contributed by atoms with E-state index in [1.807, 2.05) is 24.3 Å². The van der Waals surface area contributed by atoms with Gasteiger partial charge in [0.05, 0.1) is 5.92 Å². The SMILES string of the molecule is CCCCCC1CCC(C(=O)Oc2ccc(C3NCc4cc(CC)ccc4N3)cc2)CC1. The fourth-order valence-corrected chi connectivity index (χ4v) is 5.07. The zero-order chi connectivity index (χ0) is 22.3. The van der Waals surface area contributed by atoms with E-state index in [1.54, 1.807) is 0 Å². The number of anilines is 1. The Morgan fingerprint density at radius 2 is 1.78 bits per heavy atom. The van der Waals surface area contributed by atoms with Crippen LogP contribution in [0.2, 0.25) is 0 Å². The molecule has 0 aromatic heterocycles. The molecule has 172 valence electrons. The summed E-state index contributed by atoms with van der Waals surface area (Å²) in [6.45, 7) is 5.28. The minimum absolute atomic E-state index is 0.0562. The lowest BCUT2D eigenvalue weighted by atomic mass is 9.80. The van der Waals surface area contributed by atoms with Gasteiger partial charge in [-0.15, -0.1) is 0 Å². The first kappa shape index (κ1) is 22.8. The van der Waals surface area contributed by atoms with Crippen LogP contribution in [0.25, 0.3) is 0 Å². The first-order chi connectivity index (χ1) is 15.7. The normalized spacial score (nSPS) is 22.6. The van der Waals surface area contributed by atoms with E-state index in [4.69, 9.17) is 4.74 Å². The minimum Gasteiger partial charge on any atom is -0.426 e. The summed E-state index contributed by atoms with van der Waals surface area (Å²) in [5, 5.41) is 7.14. The number of rotatable bonds is 8. The number of hydrogen-bond acceptors (Lipinski definition) is 4. The molecule has 0 radical (unpaired) electrons. The summed E-state index contributed by atoms with van der Waals surface area (Å²) >= 11 is 0. The van der Waals surface area contributed by atoms with Gasteiger partial charge in [-0.25, -0.2) is 0 Å². The highest BCUT2D eigenvalue weighted by atomic mass is 16.5. The fraction of sp³-hybridized carbons (Fsp3) is 0.536. The number of carbonyl (C=O) groups excluding carboxylic acids is 1. The first-order valence-electron chi connectivity index (χ1n) is 12.6. The molecule has 0 spiro atoms. The van der Waals surface area contributed by atoms with Gasteiger partial charge in [0.25, 0.3) is 0 Å². The summed E-state index contributed by atoms with van der Waals surface area (Å²) in [4.78, 5) is 12.7. The summed E-state index contributed by atoms with van der Waals surface area (Å²) in [6.07, 6.45) is 10.7. The second-order valence-electron chi connectivity index (χ2n) is 9.51. The molecule has 32 heavy (non-hydrogen) atoms. The lowest BCUT2D eigenvalue weighted by Gasteiger charge is -2.29. The van der Waals surface area contributed by atoms with E-state index in [2.05, 4.69) is 42.7 Å². The molecule has 4 heteroatoms. The Morgan fingerprint density at radius 1 is 1.00 bits per heavy atom. The maximum atomic E-state index is 12.7. The van der Waals surface area contributed by atoms with E-state index in [9.17, 15) is 4.79 Å². The molecule has 2 N–H and O–H groups in total. The van der Waals surface area contributed by atoms with Crippen molar-refractivity contribution < 1.29 is 9.53 Å². The van der Waals surface area contributed by atoms with Gasteiger partial charge in [-0.2, -0.15) is 0 Å². The summed E-state index contributed by atoms with van der Waals surface area (Å²) in [6, 6.07) is 14.6. The molecule has 0 bridgehead atoms. The van der Waals surface area contributed by atoms with Crippen LogP contribution >= 0.6 is 0 Å². The highest BCUT2D eigenvalue weighted by molar-refractivity contribution is 5.75. The zero-order valence-electron chi connectivity index (χ0n) is 19.7. The van der Waals surface area contributed by atoms with Crippen LogP contribution in [0.5, 0.6) is 5.75 Å². The smallest absolute Gasteiger partial charge is 0.314 e. The van der Waals surface area contributed by atoms with Gasteiger partial charge in [-0.3, -0.25) is 10.1 Å². The summed E-state index contributed by atoms with van der Waals surface area (Å²) in [5.74, 6) is 1.45. The van der Waals surface area contributed by atoms with Crippen molar-refractivity contribution in [2.75, 3.05) is 5.32 Å². The Hall–Kier alpha value is -2.33. The van der Waals surface area contributed by atoms with Crippen molar-refractivity contribution in [2.24, 2.45) is 11.8 Å². The Labute approximate surface area is 193 Å². The molecular weight excluding hydrogens is 396 g/mol. The molecule has 4 nitrogen and oxygen atoms in total. The maximum absolute atomic E-state index is 12.7. The molecule has 1 fully saturated rings. The largest absolute Gasteiger partial charge is 0.426 e. The van der Waals surface area contributed by atoms with Crippen LogP contribution in [-0.4, -0.2) is 5.97 Å². The third-order valence-corrected chi connectivity index (χ3v) is 7.20. The average molecular weight is 435 g/mol. The van der Waals surface area contributed by atoms with Gasteiger partial charge >= 0.3 is 5.97 Å².